The van der Waals surface area contributed by atoms with Gasteiger partial charge in [0, 0.05) is 19.0 Å². The third kappa shape index (κ3) is 4.37. The van der Waals surface area contributed by atoms with E-state index in [2.05, 4.69) is 0 Å². The minimum Gasteiger partial charge on any atom is -0.481 e. The van der Waals surface area contributed by atoms with Crippen molar-refractivity contribution >= 4 is 11.9 Å². The fourth-order valence-corrected chi connectivity index (χ4v) is 2.05. The van der Waals surface area contributed by atoms with Crippen molar-refractivity contribution in [3.05, 3.63) is 35.9 Å². The summed E-state index contributed by atoms with van der Waals surface area (Å²) in [5.41, 5.74) is 1.18. The number of amides is 1. The minimum atomic E-state index is -0.926. The molecule has 0 radical (unpaired) electrons. The summed E-state index contributed by atoms with van der Waals surface area (Å²) < 4.78 is 0. The third-order valence-corrected chi connectivity index (χ3v) is 3.74. The molecule has 1 aromatic carbocycles. The Bertz CT molecular complexity index is 444. The normalized spacial score (nSPS) is 13.6. The van der Waals surface area contributed by atoms with Crippen LogP contribution in [0, 0.1) is 11.8 Å². The predicted octanol–water partition coefficient (Wildman–Crippen LogP) is 2.43. The number of carboxylic acid groups (broad SMARTS) is 1. The zero-order valence-electron chi connectivity index (χ0n) is 12.4. The molecule has 0 bridgehead atoms. The molecule has 4 nitrogen and oxygen atoms in total. The SMILES string of the molecule is CCN(CCc1ccccc1)C(=O)C(C)C(C)C(=O)O. The lowest BCUT2D eigenvalue weighted by Gasteiger charge is -2.26. The number of aliphatic carboxylic acids is 1. The van der Waals surface area contributed by atoms with Gasteiger partial charge in [-0.25, -0.2) is 0 Å². The quantitative estimate of drug-likeness (QED) is 0.832. The second-order valence-electron chi connectivity index (χ2n) is 5.07. The molecular weight excluding hydrogens is 254 g/mol. The summed E-state index contributed by atoms with van der Waals surface area (Å²) in [5.74, 6) is -2.17. The first-order valence-electron chi connectivity index (χ1n) is 7.02. The van der Waals surface area contributed by atoms with Gasteiger partial charge in [-0.2, -0.15) is 0 Å². The largest absolute Gasteiger partial charge is 0.481 e. The van der Waals surface area contributed by atoms with Crippen LogP contribution < -0.4 is 0 Å². The average Bonchev–Trinajstić information content (AvgIpc) is 2.47. The summed E-state index contributed by atoms with van der Waals surface area (Å²) in [6.45, 7) is 6.40. The lowest BCUT2D eigenvalue weighted by Crippen LogP contribution is -2.40. The maximum Gasteiger partial charge on any atom is 0.307 e. The highest BCUT2D eigenvalue weighted by Crippen LogP contribution is 2.15. The maximum absolute atomic E-state index is 12.3. The smallest absolute Gasteiger partial charge is 0.307 e. The Hall–Kier alpha value is -1.84. The summed E-state index contributed by atoms with van der Waals surface area (Å²) in [5, 5.41) is 8.99. The zero-order chi connectivity index (χ0) is 15.1. The Balaban J connectivity index is 2.61. The second-order valence-corrected chi connectivity index (χ2v) is 5.07. The van der Waals surface area contributed by atoms with Crippen molar-refractivity contribution in [2.45, 2.75) is 27.2 Å². The van der Waals surface area contributed by atoms with E-state index in [1.54, 1.807) is 18.7 Å². The van der Waals surface area contributed by atoms with Crippen LogP contribution >= 0.6 is 0 Å². The van der Waals surface area contributed by atoms with Crippen molar-refractivity contribution in [3.63, 3.8) is 0 Å². The highest BCUT2D eigenvalue weighted by Gasteiger charge is 2.28. The first kappa shape index (κ1) is 16.2. The summed E-state index contributed by atoms with van der Waals surface area (Å²) in [4.78, 5) is 25.0. The Labute approximate surface area is 120 Å². The molecule has 1 N–H and O–H groups in total. The van der Waals surface area contributed by atoms with Crippen molar-refractivity contribution in [1.29, 1.82) is 0 Å². The van der Waals surface area contributed by atoms with E-state index >= 15 is 0 Å². The lowest BCUT2D eigenvalue weighted by molar-refractivity contribution is -0.149. The standard InChI is InChI=1S/C16H23NO3/c1-4-17(11-10-14-8-6-5-7-9-14)15(18)12(2)13(3)16(19)20/h5-9,12-13H,4,10-11H2,1-3H3,(H,19,20). The molecule has 0 saturated carbocycles. The lowest BCUT2D eigenvalue weighted by atomic mass is 9.94. The summed E-state index contributed by atoms with van der Waals surface area (Å²) >= 11 is 0. The summed E-state index contributed by atoms with van der Waals surface area (Å²) in [7, 11) is 0. The van der Waals surface area contributed by atoms with Crippen molar-refractivity contribution in [3.8, 4) is 0 Å². The van der Waals surface area contributed by atoms with E-state index in [9.17, 15) is 9.59 Å². The fourth-order valence-electron chi connectivity index (χ4n) is 2.05. The van der Waals surface area contributed by atoms with Gasteiger partial charge in [0.05, 0.1) is 5.92 Å². The van der Waals surface area contributed by atoms with Gasteiger partial charge in [-0.15, -0.1) is 0 Å². The molecular formula is C16H23NO3. The van der Waals surface area contributed by atoms with Gasteiger partial charge < -0.3 is 10.0 Å². The topological polar surface area (TPSA) is 57.6 Å². The van der Waals surface area contributed by atoms with Gasteiger partial charge in [-0.1, -0.05) is 44.2 Å². The molecule has 0 heterocycles. The number of carbonyl (C=O) groups is 2. The predicted molar refractivity (Wildman–Crippen MR) is 78.4 cm³/mol. The molecule has 2 unspecified atom stereocenters. The Morgan fingerprint density at radius 2 is 1.75 bits per heavy atom. The van der Waals surface area contributed by atoms with Crippen molar-refractivity contribution in [2.75, 3.05) is 13.1 Å². The first-order chi connectivity index (χ1) is 9.47. The van der Waals surface area contributed by atoms with Gasteiger partial charge >= 0.3 is 5.97 Å². The average molecular weight is 277 g/mol. The molecule has 1 amide bonds. The Morgan fingerprint density at radius 1 is 1.15 bits per heavy atom. The highest BCUT2D eigenvalue weighted by molar-refractivity contribution is 5.84. The second kappa shape index (κ2) is 7.68. The molecule has 0 aromatic heterocycles. The number of carboxylic acids is 1. The van der Waals surface area contributed by atoms with E-state index in [0.717, 1.165) is 6.42 Å². The van der Waals surface area contributed by atoms with Gasteiger partial charge in [0.2, 0.25) is 5.91 Å². The van der Waals surface area contributed by atoms with Crippen LogP contribution in [-0.4, -0.2) is 35.0 Å². The third-order valence-electron chi connectivity index (χ3n) is 3.74. The van der Waals surface area contributed by atoms with E-state index in [0.29, 0.717) is 13.1 Å². The van der Waals surface area contributed by atoms with E-state index < -0.39 is 17.8 Å². The van der Waals surface area contributed by atoms with E-state index in [4.69, 9.17) is 5.11 Å². The zero-order valence-corrected chi connectivity index (χ0v) is 12.4. The maximum atomic E-state index is 12.3. The van der Waals surface area contributed by atoms with Crippen molar-refractivity contribution < 1.29 is 14.7 Å². The monoisotopic (exact) mass is 277 g/mol. The molecule has 1 rings (SSSR count). The minimum absolute atomic E-state index is 0.0849. The van der Waals surface area contributed by atoms with Crippen LogP contribution in [0.5, 0.6) is 0 Å². The molecule has 110 valence electrons. The molecule has 0 fully saturated rings. The number of rotatable bonds is 7. The van der Waals surface area contributed by atoms with Gasteiger partial charge in [-0.05, 0) is 18.9 Å². The molecule has 0 saturated heterocycles. The van der Waals surface area contributed by atoms with E-state index in [1.165, 1.54) is 5.56 Å². The molecule has 2 atom stereocenters. The fraction of sp³-hybridized carbons (Fsp3) is 0.500. The van der Waals surface area contributed by atoms with Crippen LogP contribution in [-0.2, 0) is 16.0 Å². The molecule has 1 aromatic rings. The van der Waals surface area contributed by atoms with Gasteiger partial charge in [0.25, 0.3) is 0 Å². The van der Waals surface area contributed by atoms with Crippen molar-refractivity contribution in [2.24, 2.45) is 11.8 Å². The molecule has 0 aliphatic heterocycles. The van der Waals surface area contributed by atoms with Crippen LogP contribution in [0.1, 0.15) is 26.3 Å². The molecule has 4 heteroatoms. The Kier molecular flexibility index (Phi) is 6.22. The summed E-state index contributed by atoms with van der Waals surface area (Å²) in [6, 6.07) is 9.97. The highest BCUT2D eigenvalue weighted by atomic mass is 16.4. The molecule has 0 aliphatic rings. The molecule has 0 aliphatic carbocycles. The number of carbonyl (C=O) groups excluding carboxylic acids is 1. The number of benzene rings is 1. The first-order valence-corrected chi connectivity index (χ1v) is 7.02. The molecule has 20 heavy (non-hydrogen) atoms. The number of hydrogen-bond acceptors (Lipinski definition) is 2. The Morgan fingerprint density at radius 3 is 2.25 bits per heavy atom. The van der Waals surface area contributed by atoms with Gasteiger partial charge in [0.15, 0.2) is 0 Å². The van der Waals surface area contributed by atoms with Gasteiger partial charge in [0.1, 0.15) is 0 Å². The summed E-state index contributed by atoms with van der Waals surface area (Å²) in [6.07, 6.45) is 0.786. The van der Waals surface area contributed by atoms with E-state index in [1.807, 2.05) is 37.3 Å². The number of likely N-dealkylation sites (N-methyl/N-ethyl adjacent to an activating group) is 1. The van der Waals surface area contributed by atoms with Gasteiger partial charge in [-0.3, -0.25) is 9.59 Å². The number of hydrogen-bond donors (Lipinski definition) is 1. The number of nitrogens with zero attached hydrogens (tertiary/aromatic N) is 1. The van der Waals surface area contributed by atoms with Crippen molar-refractivity contribution in [1.82, 2.24) is 4.90 Å². The van der Waals surface area contributed by atoms with Crippen LogP contribution in [0.15, 0.2) is 30.3 Å². The van der Waals surface area contributed by atoms with Crippen LogP contribution in [0.2, 0.25) is 0 Å². The van der Waals surface area contributed by atoms with Crippen LogP contribution in [0.3, 0.4) is 0 Å². The molecule has 0 spiro atoms. The van der Waals surface area contributed by atoms with Crippen LogP contribution in [0.4, 0.5) is 0 Å². The van der Waals surface area contributed by atoms with Crippen LogP contribution in [0.25, 0.3) is 0 Å². The van der Waals surface area contributed by atoms with E-state index in [-0.39, 0.29) is 5.91 Å².